The van der Waals surface area contributed by atoms with Crippen molar-refractivity contribution in [3.8, 4) is 16.6 Å². The van der Waals surface area contributed by atoms with Crippen molar-refractivity contribution in [1.82, 2.24) is 19.6 Å². The molecule has 0 bridgehead atoms. The van der Waals surface area contributed by atoms with Crippen LogP contribution in [0.3, 0.4) is 0 Å². The number of ketones is 1. The van der Waals surface area contributed by atoms with Gasteiger partial charge in [0.15, 0.2) is 17.3 Å². The van der Waals surface area contributed by atoms with Crippen LogP contribution in [0.5, 0.6) is 5.88 Å². The molecule has 0 N–H and O–H groups in total. The molecule has 0 fully saturated rings. The third-order valence-electron chi connectivity index (χ3n) is 5.47. The number of thiophene rings is 1. The van der Waals surface area contributed by atoms with E-state index >= 15 is 0 Å². The molecule has 4 heterocycles. The van der Waals surface area contributed by atoms with E-state index < -0.39 is 0 Å². The van der Waals surface area contributed by atoms with Crippen molar-refractivity contribution >= 4 is 22.8 Å². The Balaban J connectivity index is 1.63. The topological polar surface area (TPSA) is 69.4 Å². The standard InChI is InChI=1S/C22H16N4O2S/c27-14-8-4-9-15-18(14)17(13-6-2-1-3-7-13)19-21-24-20(16-10-5-11-29-16)25-26(21)12-23-22(19)28-15/h1-3,5-7,10-12,17H,4,8-9H2/t17-/m0/s1. The average molecular weight is 400 g/mol. The van der Waals surface area contributed by atoms with Gasteiger partial charge in [-0.05, 0) is 23.4 Å². The Morgan fingerprint density at radius 1 is 1.10 bits per heavy atom. The molecule has 1 aliphatic carbocycles. The van der Waals surface area contributed by atoms with Gasteiger partial charge in [-0.25, -0.2) is 14.5 Å². The fourth-order valence-corrected chi connectivity index (χ4v) is 4.86. The van der Waals surface area contributed by atoms with Crippen LogP contribution >= 0.6 is 11.3 Å². The summed E-state index contributed by atoms with van der Waals surface area (Å²) in [5, 5.41) is 6.61. The fraction of sp³-hybridized carbons (Fsp3) is 0.182. The molecule has 0 saturated carbocycles. The van der Waals surface area contributed by atoms with E-state index in [4.69, 9.17) is 9.72 Å². The molecule has 1 aromatic carbocycles. The molecule has 0 unspecified atom stereocenters. The average Bonchev–Trinajstić information content (AvgIpc) is 3.42. The Morgan fingerprint density at radius 2 is 2.00 bits per heavy atom. The van der Waals surface area contributed by atoms with E-state index in [-0.39, 0.29) is 11.7 Å². The molecule has 7 heteroatoms. The molecule has 4 aromatic rings. The minimum Gasteiger partial charge on any atom is -0.442 e. The number of carbonyl (C=O) groups excluding carboxylic acids is 1. The van der Waals surface area contributed by atoms with E-state index in [2.05, 4.69) is 10.1 Å². The largest absolute Gasteiger partial charge is 0.442 e. The summed E-state index contributed by atoms with van der Waals surface area (Å²) < 4.78 is 7.82. The Kier molecular flexibility index (Phi) is 3.64. The van der Waals surface area contributed by atoms with Crippen molar-refractivity contribution in [3.05, 3.63) is 76.6 Å². The van der Waals surface area contributed by atoms with Gasteiger partial charge >= 0.3 is 0 Å². The van der Waals surface area contributed by atoms with E-state index in [1.165, 1.54) is 0 Å². The predicted octanol–water partition coefficient (Wildman–Crippen LogP) is 4.38. The first-order valence-electron chi connectivity index (χ1n) is 9.58. The van der Waals surface area contributed by atoms with Gasteiger partial charge < -0.3 is 4.74 Å². The van der Waals surface area contributed by atoms with Crippen molar-refractivity contribution in [2.45, 2.75) is 25.2 Å². The Bertz CT molecular complexity index is 1280. The lowest BCUT2D eigenvalue weighted by Crippen LogP contribution is -2.26. The van der Waals surface area contributed by atoms with Crippen LogP contribution in [0, 0.1) is 0 Å². The molecule has 0 radical (unpaired) electrons. The van der Waals surface area contributed by atoms with E-state index in [1.54, 1.807) is 22.2 Å². The van der Waals surface area contributed by atoms with Crippen LogP contribution in [-0.4, -0.2) is 25.4 Å². The summed E-state index contributed by atoms with van der Waals surface area (Å²) in [5.74, 6) is 1.81. The lowest BCUT2D eigenvalue weighted by atomic mass is 9.78. The zero-order valence-corrected chi connectivity index (χ0v) is 16.2. The molecule has 3 aromatic heterocycles. The van der Waals surface area contributed by atoms with Gasteiger partial charge in [0.1, 0.15) is 12.1 Å². The lowest BCUT2D eigenvalue weighted by Gasteiger charge is -2.31. The summed E-state index contributed by atoms with van der Waals surface area (Å²) >= 11 is 1.59. The second kappa shape index (κ2) is 6.35. The number of Topliss-reactive ketones (excluding diaryl/α,β-unsaturated/α-hetero) is 1. The van der Waals surface area contributed by atoms with E-state index in [0.29, 0.717) is 23.8 Å². The summed E-state index contributed by atoms with van der Waals surface area (Å²) in [6, 6.07) is 14.0. The third kappa shape index (κ3) is 2.54. The smallest absolute Gasteiger partial charge is 0.228 e. The molecule has 0 spiro atoms. The van der Waals surface area contributed by atoms with Gasteiger partial charge in [-0.1, -0.05) is 36.4 Å². The van der Waals surface area contributed by atoms with Gasteiger partial charge in [0, 0.05) is 24.3 Å². The second-order valence-electron chi connectivity index (χ2n) is 7.20. The van der Waals surface area contributed by atoms with Gasteiger partial charge in [-0.3, -0.25) is 4.79 Å². The predicted molar refractivity (Wildman–Crippen MR) is 109 cm³/mol. The number of allylic oxidation sites excluding steroid dienone is 2. The van der Waals surface area contributed by atoms with Crippen molar-refractivity contribution in [1.29, 1.82) is 0 Å². The minimum absolute atomic E-state index is 0.144. The molecular formula is C22H16N4O2S. The molecule has 1 atom stereocenters. The Morgan fingerprint density at radius 3 is 2.83 bits per heavy atom. The highest BCUT2D eigenvalue weighted by atomic mass is 32.1. The number of nitrogens with zero attached hydrogens (tertiary/aromatic N) is 4. The number of rotatable bonds is 2. The first-order valence-corrected chi connectivity index (χ1v) is 10.5. The first-order chi connectivity index (χ1) is 14.3. The summed E-state index contributed by atoms with van der Waals surface area (Å²) in [7, 11) is 0. The maximum Gasteiger partial charge on any atom is 0.228 e. The van der Waals surface area contributed by atoms with Gasteiger partial charge in [0.2, 0.25) is 5.88 Å². The first kappa shape index (κ1) is 16.6. The van der Waals surface area contributed by atoms with Gasteiger partial charge in [-0.15, -0.1) is 16.4 Å². The van der Waals surface area contributed by atoms with Crippen LogP contribution in [0.4, 0.5) is 0 Å². The summed E-state index contributed by atoms with van der Waals surface area (Å²) in [5.41, 5.74) is 3.26. The van der Waals surface area contributed by atoms with Crippen molar-refractivity contribution < 1.29 is 9.53 Å². The van der Waals surface area contributed by atoms with E-state index in [1.807, 2.05) is 47.8 Å². The third-order valence-corrected chi connectivity index (χ3v) is 6.33. The quantitative estimate of drug-likeness (QED) is 0.499. The van der Waals surface area contributed by atoms with Crippen LogP contribution in [0.15, 0.2) is 65.5 Å². The second-order valence-corrected chi connectivity index (χ2v) is 8.15. The SMILES string of the molecule is O=C1CCCC2=C1[C@H](c1ccccc1)c1c(ncn3nc(-c4cccs4)nc13)O2. The van der Waals surface area contributed by atoms with Gasteiger partial charge in [0.05, 0.1) is 10.4 Å². The van der Waals surface area contributed by atoms with Crippen LogP contribution in [0.25, 0.3) is 16.3 Å². The number of carbonyl (C=O) groups is 1. The lowest BCUT2D eigenvalue weighted by molar-refractivity contribution is -0.116. The Hall–Kier alpha value is -3.32. The van der Waals surface area contributed by atoms with E-state index in [9.17, 15) is 4.79 Å². The highest BCUT2D eigenvalue weighted by molar-refractivity contribution is 7.13. The maximum atomic E-state index is 13.0. The van der Waals surface area contributed by atoms with Crippen molar-refractivity contribution in [3.63, 3.8) is 0 Å². The fourth-order valence-electron chi connectivity index (χ4n) is 4.21. The maximum absolute atomic E-state index is 13.0. The minimum atomic E-state index is -0.251. The van der Waals surface area contributed by atoms with Crippen LogP contribution in [0.2, 0.25) is 0 Å². The summed E-state index contributed by atoms with van der Waals surface area (Å²) in [6.45, 7) is 0. The highest BCUT2D eigenvalue weighted by Gasteiger charge is 2.39. The molecular weight excluding hydrogens is 384 g/mol. The number of ether oxygens (including phenoxy) is 1. The van der Waals surface area contributed by atoms with Crippen molar-refractivity contribution in [2.75, 3.05) is 0 Å². The van der Waals surface area contributed by atoms with Crippen LogP contribution in [-0.2, 0) is 4.79 Å². The monoisotopic (exact) mass is 400 g/mol. The molecule has 29 heavy (non-hydrogen) atoms. The van der Waals surface area contributed by atoms with Gasteiger partial charge in [0.25, 0.3) is 0 Å². The number of benzene rings is 1. The molecule has 142 valence electrons. The summed E-state index contributed by atoms with van der Waals surface area (Å²) in [6.07, 6.45) is 3.75. The number of hydrogen-bond acceptors (Lipinski definition) is 6. The normalized spacial score (nSPS) is 18.5. The molecule has 1 aliphatic heterocycles. The number of fused-ring (bicyclic) bond motifs is 3. The van der Waals surface area contributed by atoms with Crippen LogP contribution in [0.1, 0.15) is 36.3 Å². The molecule has 0 amide bonds. The zero-order chi connectivity index (χ0) is 19.4. The molecule has 2 aliphatic rings. The van der Waals surface area contributed by atoms with Crippen molar-refractivity contribution in [2.24, 2.45) is 0 Å². The zero-order valence-electron chi connectivity index (χ0n) is 15.4. The van der Waals surface area contributed by atoms with Crippen LogP contribution < -0.4 is 4.74 Å². The van der Waals surface area contributed by atoms with Gasteiger partial charge in [-0.2, -0.15) is 0 Å². The summed E-state index contributed by atoms with van der Waals surface area (Å²) in [4.78, 5) is 23.3. The highest BCUT2D eigenvalue weighted by Crippen LogP contribution is 2.47. The Labute approximate surface area is 170 Å². The molecule has 0 saturated heterocycles. The number of hydrogen-bond donors (Lipinski definition) is 0. The van der Waals surface area contributed by atoms with E-state index in [0.717, 1.165) is 40.2 Å². The number of aromatic nitrogens is 4. The molecule has 6 rings (SSSR count). The molecule has 6 nitrogen and oxygen atoms in total.